The number of hydrogen-bond acceptors (Lipinski definition) is 7. The number of carboxylic acid groups (broad SMARTS) is 1. The average molecular weight is 428 g/mol. The van der Waals surface area contributed by atoms with Crippen LogP contribution in [0.2, 0.25) is 0 Å². The van der Waals surface area contributed by atoms with Crippen LogP contribution in [0.5, 0.6) is 0 Å². The lowest BCUT2D eigenvalue weighted by Gasteiger charge is -2.24. The van der Waals surface area contributed by atoms with Gasteiger partial charge in [-0.05, 0) is 52.1 Å². The van der Waals surface area contributed by atoms with Crippen molar-refractivity contribution in [2.45, 2.75) is 69.6 Å². The summed E-state index contributed by atoms with van der Waals surface area (Å²) in [5, 5.41) is 19.3. The van der Waals surface area contributed by atoms with Gasteiger partial charge >= 0.3 is 5.97 Å². The van der Waals surface area contributed by atoms with Crippen molar-refractivity contribution < 1.29 is 29.1 Å². The maximum absolute atomic E-state index is 12.7. The Hall–Kier alpha value is -2.73. The van der Waals surface area contributed by atoms with Crippen molar-refractivity contribution in [1.82, 2.24) is 21.3 Å². The van der Waals surface area contributed by atoms with Gasteiger partial charge in [-0.3, -0.25) is 24.0 Å². The van der Waals surface area contributed by atoms with Gasteiger partial charge in [0.15, 0.2) is 0 Å². The predicted octanol–water partition coefficient (Wildman–Crippen LogP) is -2.70. The van der Waals surface area contributed by atoms with Gasteiger partial charge in [0.2, 0.25) is 23.6 Å². The highest BCUT2D eigenvalue weighted by Gasteiger charge is 2.31. The fourth-order valence-electron chi connectivity index (χ4n) is 3.00. The molecule has 12 heteroatoms. The molecule has 9 N–H and O–H groups in total. The number of amides is 4. The molecule has 4 atom stereocenters. The van der Waals surface area contributed by atoms with E-state index in [-0.39, 0.29) is 6.42 Å². The van der Waals surface area contributed by atoms with Crippen LogP contribution < -0.4 is 32.7 Å². The van der Waals surface area contributed by atoms with E-state index >= 15 is 0 Å². The molecule has 4 amide bonds. The average Bonchev–Trinajstić information content (AvgIpc) is 3.21. The number of carbonyl (C=O) groups is 5. The molecule has 1 fully saturated rings. The van der Waals surface area contributed by atoms with Crippen LogP contribution in [0.15, 0.2) is 0 Å². The second-order valence-corrected chi connectivity index (χ2v) is 7.29. The van der Waals surface area contributed by atoms with E-state index in [0.717, 1.165) is 6.42 Å². The first-order valence-electron chi connectivity index (χ1n) is 10.0. The van der Waals surface area contributed by atoms with Gasteiger partial charge in [0.05, 0.1) is 12.5 Å². The predicted molar refractivity (Wildman–Crippen MR) is 107 cm³/mol. The standard InChI is InChI=1S/C18H32N6O6/c1-10(18(29)30)22-16(27)12(5-2-3-7-19)23-17(28)13(9-14(20)25)24-15(26)11-6-4-8-21-11/h10-13,21H,2-9,19H2,1H3,(H2,20,25)(H,22,27)(H,23,28)(H,24,26)(H,29,30). The van der Waals surface area contributed by atoms with Crippen LogP contribution in [0.25, 0.3) is 0 Å². The Morgan fingerprint density at radius 1 is 1.07 bits per heavy atom. The van der Waals surface area contributed by atoms with Gasteiger partial charge in [-0.15, -0.1) is 0 Å². The van der Waals surface area contributed by atoms with E-state index in [1.54, 1.807) is 0 Å². The summed E-state index contributed by atoms with van der Waals surface area (Å²) in [6.45, 7) is 2.36. The summed E-state index contributed by atoms with van der Waals surface area (Å²) in [5.74, 6) is -3.89. The summed E-state index contributed by atoms with van der Waals surface area (Å²) in [5.41, 5.74) is 10.7. The molecule has 0 spiro atoms. The highest BCUT2D eigenvalue weighted by atomic mass is 16.4. The van der Waals surface area contributed by atoms with Gasteiger partial charge in [0.25, 0.3) is 0 Å². The van der Waals surface area contributed by atoms with Gasteiger partial charge in [-0.2, -0.15) is 0 Å². The van der Waals surface area contributed by atoms with E-state index in [4.69, 9.17) is 16.6 Å². The summed E-state index contributed by atoms with van der Waals surface area (Å²) in [6.07, 6.45) is 2.30. The number of unbranched alkanes of at least 4 members (excludes halogenated alkanes) is 1. The van der Waals surface area contributed by atoms with E-state index < -0.39 is 60.2 Å². The maximum Gasteiger partial charge on any atom is 0.325 e. The molecule has 0 bridgehead atoms. The van der Waals surface area contributed by atoms with E-state index in [9.17, 15) is 24.0 Å². The zero-order chi connectivity index (χ0) is 22.7. The Bertz CT molecular complexity index is 637. The topological polar surface area (TPSA) is 206 Å². The van der Waals surface area contributed by atoms with Crippen LogP contribution in [0.4, 0.5) is 0 Å². The Morgan fingerprint density at radius 2 is 1.73 bits per heavy atom. The molecule has 0 radical (unpaired) electrons. The molecule has 0 aliphatic carbocycles. The zero-order valence-corrected chi connectivity index (χ0v) is 17.1. The smallest absolute Gasteiger partial charge is 0.325 e. The van der Waals surface area contributed by atoms with E-state index in [0.29, 0.717) is 32.4 Å². The first kappa shape index (κ1) is 25.3. The molecule has 1 heterocycles. The summed E-state index contributed by atoms with van der Waals surface area (Å²) >= 11 is 0. The third-order valence-electron chi connectivity index (χ3n) is 4.72. The number of hydrogen-bond donors (Lipinski definition) is 7. The quantitative estimate of drug-likeness (QED) is 0.153. The molecule has 1 aliphatic heterocycles. The van der Waals surface area contributed by atoms with E-state index in [1.807, 2.05) is 0 Å². The monoisotopic (exact) mass is 428 g/mol. The van der Waals surface area contributed by atoms with Gasteiger partial charge in [0, 0.05) is 0 Å². The SMILES string of the molecule is CC(NC(=O)C(CCCCN)NC(=O)C(CC(N)=O)NC(=O)C1CCCN1)C(=O)O. The fraction of sp³-hybridized carbons (Fsp3) is 0.722. The normalized spacial score (nSPS) is 18.7. The number of rotatable bonds is 13. The largest absolute Gasteiger partial charge is 0.480 e. The molecular weight excluding hydrogens is 396 g/mol. The summed E-state index contributed by atoms with van der Waals surface area (Å²) in [7, 11) is 0. The Labute approximate surface area is 174 Å². The molecule has 1 saturated heterocycles. The Kier molecular flexibility index (Phi) is 10.8. The third-order valence-corrected chi connectivity index (χ3v) is 4.72. The van der Waals surface area contributed by atoms with Crippen molar-refractivity contribution >= 4 is 29.6 Å². The molecular formula is C18H32N6O6. The van der Waals surface area contributed by atoms with Gasteiger partial charge in [-0.1, -0.05) is 0 Å². The lowest BCUT2D eigenvalue weighted by Crippen LogP contribution is -2.57. The lowest BCUT2D eigenvalue weighted by atomic mass is 10.1. The molecule has 12 nitrogen and oxygen atoms in total. The highest BCUT2D eigenvalue weighted by molar-refractivity contribution is 5.96. The Balaban J connectivity index is 2.84. The van der Waals surface area contributed by atoms with Gasteiger partial charge in [0.1, 0.15) is 18.1 Å². The number of aliphatic carboxylic acids is 1. The minimum Gasteiger partial charge on any atom is -0.480 e. The lowest BCUT2D eigenvalue weighted by molar-refractivity contribution is -0.142. The van der Waals surface area contributed by atoms with Crippen LogP contribution in [0, 0.1) is 0 Å². The summed E-state index contributed by atoms with van der Waals surface area (Å²) in [4.78, 5) is 59.9. The number of nitrogens with one attached hydrogen (secondary N) is 4. The van der Waals surface area contributed by atoms with Crippen molar-refractivity contribution in [1.29, 1.82) is 0 Å². The van der Waals surface area contributed by atoms with Crippen molar-refractivity contribution in [3.8, 4) is 0 Å². The summed E-state index contributed by atoms with van der Waals surface area (Å²) in [6, 6.07) is -3.92. The number of primary amides is 1. The van der Waals surface area contributed by atoms with Crippen molar-refractivity contribution in [3.63, 3.8) is 0 Å². The Morgan fingerprint density at radius 3 is 2.27 bits per heavy atom. The minimum atomic E-state index is -1.25. The number of carbonyl (C=O) groups excluding carboxylic acids is 4. The number of carboxylic acids is 1. The van der Waals surface area contributed by atoms with Crippen LogP contribution in [0.3, 0.4) is 0 Å². The highest BCUT2D eigenvalue weighted by Crippen LogP contribution is 2.07. The van der Waals surface area contributed by atoms with E-state index in [1.165, 1.54) is 6.92 Å². The van der Waals surface area contributed by atoms with Crippen LogP contribution in [-0.4, -0.2) is 72.0 Å². The molecule has 1 aliphatic rings. The van der Waals surface area contributed by atoms with Crippen LogP contribution >= 0.6 is 0 Å². The third kappa shape index (κ3) is 8.74. The van der Waals surface area contributed by atoms with Gasteiger partial charge < -0.3 is 37.8 Å². The fourth-order valence-corrected chi connectivity index (χ4v) is 3.00. The molecule has 0 aromatic rings. The molecule has 4 unspecified atom stereocenters. The molecule has 0 aromatic carbocycles. The van der Waals surface area contributed by atoms with Crippen LogP contribution in [-0.2, 0) is 24.0 Å². The molecule has 0 saturated carbocycles. The second kappa shape index (κ2) is 12.8. The summed E-state index contributed by atoms with van der Waals surface area (Å²) < 4.78 is 0. The second-order valence-electron chi connectivity index (χ2n) is 7.29. The first-order valence-corrected chi connectivity index (χ1v) is 10.0. The van der Waals surface area contributed by atoms with Gasteiger partial charge in [-0.25, -0.2) is 0 Å². The minimum absolute atomic E-state index is 0.211. The van der Waals surface area contributed by atoms with Crippen molar-refractivity contribution in [3.05, 3.63) is 0 Å². The maximum atomic E-state index is 12.7. The van der Waals surface area contributed by atoms with Crippen molar-refractivity contribution in [2.24, 2.45) is 11.5 Å². The van der Waals surface area contributed by atoms with Crippen LogP contribution in [0.1, 0.15) is 45.4 Å². The molecule has 30 heavy (non-hydrogen) atoms. The molecule has 1 rings (SSSR count). The first-order chi connectivity index (χ1) is 14.1. The molecule has 170 valence electrons. The molecule has 0 aromatic heterocycles. The van der Waals surface area contributed by atoms with E-state index in [2.05, 4.69) is 21.3 Å². The number of nitrogens with two attached hydrogens (primary N) is 2. The van der Waals surface area contributed by atoms with Crippen molar-refractivity contribution in [2.75, 3.05) is 13.1 Å². The zero-order valence-electron chi connectivity index (χ0n) is 17.1.